The fourth-order valence-corrected chi connectivity index (χ4v) is 4.07. The Morgan fingerprint density at radius 1 is 1.24 bits per heavy atom. The number of hydrogen-bond donors (Lipinski definition) is 1. The van der Waals surface area contributed by atoms with Crippen LogP contribution in [0.3, 0.4) is 0 Å². The maximum absolute atomic E-state index is 12.4. The molecular formula is C23H18BrCl2N3O5. The van der Waals surface area contributed by atoms with E-state index in [1.807, 2.05) is 0 Å². The quantitative estimate of drug-likeness (QED) is 0.195. The fourth-order valence-electron chi connectivity index (χ4n) is 3.04. The lowest BCUT2D eigenvalue weighted by molar-refractivity contribution is -0.385. The lowest BCUT2D eigenvalue weighted by Crippen LogP contribution is -2.19. The molecule has 0 atom stereocenters. The van der Waals surface area contributed by atoms with E-state index in [0.29, 0.717) is 31.6 Å². The summed E-state index contributed by atoms with van der Waals surface area (Å²) in [5.74, 6) is 0.326. The Bertz CT molecular complexity index is 1280. The highest BCUT2D eigenvalue weighted by molar-refractivity contribution is 9.10. The van der Waals surface area contributed by atoms with E-state index in [1.165, 1.54) is 38.4 Å². The van der Waals surface area contributed by atoms with Gasteiger partial charge in [0.1, 0.15) is 6.61 Å². The topological polar surface area (TPSA) is 103 Å². The van der Waals surface area contributed by atoms with E-state index in [4.69, 9.17) is 32.7 Å². The highest BCUT2D eigenvalue weighted by Gasteiger charge is 2.18. The van der Waals surface area contributed by atoms with E-state index in [0.717, 1.165) is 5.56 Å². The predicted molar refractivity (Wildman–Crippen MR) is 134 cm³/mol. The summed E-state index contributed by atoms with van der Waals surface area (Å²) in [6.45, 7) is 1.70. The van der Waals surface area contributed by atoms with E-state index >= 15 is 0 Å². The van der Waals surface area contributed by atoms with Crippen LogP contribution in [0.15, 0.2) is 58.1 Å². The smallest absolute Gasteiger partial charge is 0.273 e. The zero-order valence-corrected chi connectivity index (χ0v) is 21.1. The highest BCUT2D eigenvalue weighted by Crippen LogP contribution is 2.37. The van der Waals surface area contributed by atoms with Crippen molar-refractivity contribution in [3.63, 3.8) is 0 Å². The summed E-state index contributed by atoms with van der Waals surface area (Å²) in [4.78, 5) is 23.0. The minimum atomic E-state index is -0.566. The van der Waals surface area contributed by atoms with Crippen molar-refractivity contribution in [3.05, 3.63) is 95.4 Å². The number of halogens is 3. The number of nitro benzene ring substituents is 1. The average molecular weight is 567 g/mol. The third kappa shape index (κ3) is 6.05. The number of nitro groups is 1. The molecule has 0 saturated carbocycles. The molecule has 34 heavy (non-hydrogen) atoms. The van der Waals surface area contributed by atoms with Gasteiger partial charge in [0.15, 0.2) is 11.5 Å². The molecule has 0 aliphatic heterocycles. The Morgan fingerprint density at radius 2 is 2.00 bits per heavy atom. The highest BCUT2D eigenvalue weighted by atomic mass is 79.9. The number of benzene rings is 3. The predicted octanol–water partition coefficient (Wildman–Crippen LogP) is 6.32. The van der Waals surface area contributed by atoms with Gasteiger partial charge in [-0.05, 0) is 58.7 Å². The van der Waals surface area contributed by atoms with Gasteiger partial charge in [0.25, 0.3) is 11.6 Å². The second-order valence-electron chi connectivity index (χ2n) is 6.96. The molecule has 0 fully saturated rings. The van der Waals surface area contributed by atoms with E-state index < -0.39 is 10.8 Å². The number of hydrazone groups is 1. The van der Waals surface area contributed by atoms with E-state index in [-0.39, 0.29) is 23.4 Å². The molecule has 0 spiro atoms. The van der Waals surface area contributed by atoms with Crippen LogP contribution in [0.25, 0.3) is 0 Å². The van der Waals surface area contributed by atoms with Gasteiger partial charge in [-0.25, -0.2) is 5.43 Å². The number of rotatable bonds is 8. The normalized spacial score (nSPS) is 10.9. The van der Waals surface area contributed by atoms with Crippen molar-refractivity contribution in [2.45, 2.75) is 13.5 Å². The van der Waals surface area contributed by atoms with Crippen molar-refractivity contribution in [2.24, 2.45) is 5.10 Å². The third-order valence-electron chi connectivity index (χ3n) is 4.77. The minimum absolute atomic E-state index is 0.138. The van der Waals surface area contributed by atoms with Gasteiger partial charge in [0.05, 0.1) is 28.3 Å². The van der Waals surface area contributed by atoms with Crippen molar-refractivity contribution in [1.82, 2.24) is 5.43 Å². The summed E-state index contributed by atoms with van der Waals surface area (Å²) in [7, 11) is 1.50. The van der Waals surface area contributed by atoms with Crippen molar-refractivity contribution < 1.29 is 19.2 Å². The van der Waals surface area contributed by atoms with Crippen LogP contribution in [-0.2, 0) is 6.61 Å². The van der Waals surface area contributed by atoms with Gasteiger partial charge < -0.3 is 9.47 Å². The van der Waals surface area contributed by atoms with Gasteiger partial charge in [0, 0.05) is 27.2 Å². The first kappa shape index (κ1) is 25.5. The molecule has 8 nitrogen and oxygen atoms in total. The van der Waals surface area contributed by atoms with Crippen LogP contribution in [0, 0.1) is 17.0 Å². The van der Waals surface area contributed by atoms with Gasteiger partial charge in [-0.1, -0.05) is 35.3 Å². The molecule has 176 valence electrons. The van der Waals surface area contributed by atoms with Crippen molar-refractivity contribution in [1.29, 1.82) is 0 Å². The molecule has 0 heterocycles. The first-order chi connectivity index (χ1) is 16.2. The van der Waals surface area contributed by atoms with Crippen LogP contribution in [-0.4, -0.2) is 24.2 Å². The molecule has 11 heteroatoms. The Morgan fingerprint density at radius 3 is 2.68 bits per heavy atom. The summed E-state index contributed by atoms with van der Waals surface area (Å²) in [6, 6.07) is 12.8. The number of ether oxygens (including phenoxy) is 2. The third-order valence-corrected chi connectivity index (χ3v) is 5.94. The maximum Gasteiger partial charge on any atom is 0.273 e. The summed E-state index contributed by atoms with van der Waals surface area (Å²) in [5, 5.41) is 16.0. The Hall–Kier alpha value is -3.14. The second kappa shape index (κ2) is 11.3. The average Bonchev–Trinajstić information content (AvgIpc) is 2.79. The van der Waals surface area contributed by atoms with Crippen LogP contribution >= 0.6 is 39.1 Å². The molecule has 1 amide bonds. The van der Waals surface area contributed by atoms with Crippen LogP contribution in [0.4, 0.5) is 5.69 Å². The molecule has 1 N–H and O–H groups in total. The van der Waals surface area contributed by atoms with Crippen LogP contribution < -0.4 is 14.9 Å². The van der Waals surface area contributed by atoms with Crippen molar-refractivity contribution in [3.8, 4) is 11.5 Å². The lowest BCUT2D eigenvalue weighted by Gasteiger charge is -2.14. The van der Waals surface area contributed by atoms with Crippen molar-refractivity contribution in [2.75, 3.05) is 7.11 Å². The Kier molecular flexibility index (Phi) is 8.49. The summed E-state index contributed by atoms with van der Waals surface area (Å²) in [6.07, 6.45) is 1.41. The maximum atomic E-state index is 12.4. The molecule has 0 saturated heterocycles. The van der Waals surface area contributed by atoms with Gasteiger partial charge in [0.2, 0.25) is 0 Å². The first-order valence-electron chi connectivity index (χ1n) is 9.73. The van der Waals surface area contributed by atoms with Gasteiger partial charge >= 0.3 is 0 Å². The molecule has 3 aromatic carbocycles. The van der Waals surface area contributed by atoms with Crippen molar-refractivity contribution >= 4 is 56.9 Å². The summed E-state index contributed by atoms with van der Waals surface area (Å²) < 4.78 is 11.9. The number of carbonyl (C=O) groups excluding carboxylic acids is 1. The molecule has 0 bridgehead atoms. The standard InChI is InChI=1S/C23H18BrCl2N3O5/c1-13-17(4-3-5-20(13)29(31)32)23(30)28-27-11-14-8-18(24)22(21(9-14)33-2)34-12-15-6-7-16(25)10-19(15)26/h3-11H,12H2,1-2H3,(H,28,30)/b27-11-. The van der Waals surface area contributed by atoms with E-state index in [1.54, 1.807) is 30.3 Å². The Balaban J connectivity index is 1.73. The molecule has 3 aromatic rings. The molecule has 0 radical (unpaired) electrons. The molecule has 0 unspecified atom stereocenters. The van der Waals surface area contributed by atoms with Crippen LogP contribution in [0.1, 0.15) is 27.0 Å². The number of methoxy groups -OCH3 is 1. The second-order valence-corrected chi connectivity index (χ2v) is 8.66. The van der Waals surface area contributed by atoms with Crippen LogP contribution in [0.2, 0.25) is 10.0 Å². The monoisotopic (exact) mass is 565 g/mol. The zero-order valence-electron chi connectivity index (χ0n) is 18.0. The molecule has 0 aliphatic carbocycles. The number of amides is 1. The van der Waals surface area contributed by atoms with E-state index in [9.17, 15) is 14.9 Å². The largest absolute Gasteiger partial charge is 0.493 e. The minimum Gasteiger partial charge on any atom is -0.493 e. The lowest BCUT2D eigenvalue weighted by atomic mass is 10.1. The number of nitrogens with one attached hydrogen (secondary N) is 1. The number of carbonyl (C=O) groups is 1. The first-order valence-corrected chi connectivity index (χ1v) is 11.3. The van der Waals surface area contributed by atoms with Crippen LogP contribution in [0.5, 0.6) is 11.5 Å². The number of nitrogens with zero attached hydrogens (tertiary/aromatic N) is 2. The molecule has 0 aromatic heterocycles. The number of hydrogen-bond acceptors (Lipinski definition) is 6. The fraction of sp³-hybridized carbons (Fsp3) is 0.130. The Labute approximate surface area is 213 Å². The SMILES string of the molecule is COc1cc(/C=N\NC(=O)c2cccc([N+](=O)[O-])c2C)cc(Br)c1OCc1ccc(Cl)cc1Cl. The van der Waals surface area contributed by atoms with Gasteiger partial charge in [-0.15, -0.1) is 0 Å². The molecule has 3 rings (SSSR count). The summed E-state index contributed by atoms with van der Waals surface area (Å²) >= 11 is 15.6. The van der Waals surface area contributed by atoms with E-state index in [2.05, 4.69) is 26.5 Å². The molecule has 0 aliphatic rings. The zero-order chi connectivity index (χ0) is 24.8. The van der Waals surface area contributed by atoms with Gasteiger partial charge in [-0.3, -0.25) is 14.9 Å². The molecular weight excluding hydrogens is 549 g/mol. The summed E-state index contributed by atoms with van der Waals surface area (Å²) in [5.41, 5.74) is 4.02. The van der Waals surface area contributed by atoms with Gasteiger partial charge in [-0.2, -0.15) is 5.10 Å².